The fourth-order valence-electron chi connectivity index (χ4n) is 2.43. The van der Waals surface area contributed by atoms with Gasteiger partial charge in [-0.15, -0.1) is 36.2 Å². The predicted molar refractivity (Wildman–Crippen MR) is 102 cm³/mol. The summed E-state index contributed by atoms with van der Waals surface area (Å²) in [5.74, 6) is 0.0194. The molecule has 24 heavy (non-hydrogen) atoms. The molecule has 140 valence electrons. The van der Waals surface area contributed by atoms with E-state index in [9.17, 15) is 4.79 Å². The van der Waals surface area contributed by atoms with Crippen molar-refractivity contribution in [2.24, 2.45) is 0 Å². The number of halogens is 2. The number of hydrogen-bond acceptors (Lipinski definition) is 6. The third-order valence-electron chi connectivity index (χ3n) is 3.62. The van der Waals surface area contributed by atoms with Gasteiger partial charge in [0.25, 0.3) is 0 Å². The molecule has 2 heterocycles. The standard InChI is InChI=1S/C15H25N3O3S.2ClH/c1-20-7-4-16-12-15(19)17-11-13(14-3-2-10-22-14)18-5-8-21-9-6-18;;/h2-3,10,13,16H,4-9,11-12H2,1H3,(H,17,19);2*1H. The van der Waals surface area contributed by atoms with Crippen LogP contribution < -0.4 is 10.6 Å². The van der Waals surface area contributed by atoms with Crippen LogP contribution in [0.5, 0.6) is 0 Å². The first kappa shape index (κ1) is 23.6. The maximum atomic E-state index is 11.9. The zero-order valence-corrected chi connectivity index (χ0v) is 16.3. The van der Waals surface area contributed by atoms with Crippen LogP contribution in [0.15, 0.2) is 17.5 Å². The third kappa shape index (κ3) is 8.11. The van der Waals surface area contributed by atoms with Crippen LogP contribution in [-0.2, 0) is 14.3 Å². The van der Waals surface area contributed by atoms with Gasteiger partial charge in [0.1, 0.15) is 0 Å². The van der Waals surface area contributed by atoms with Crippen LogP contribution in [0.3, 0.4) is 0 Å². The first-order valence-corrected chi connectivity index (χ1v) is 8.51. The number of carbonyl (C=O) groups is 1. The van der Waals surface area contributed by atoms with Crippen molar-refractivity contribution in [3.8, 4) is 0 Å². The summed E-state index contributed by atoms with van der Waals surface area (Å²) in [4.78, 5) is 15.6. The van der Waals surface area contributed by atoms with Gasteiger partial charge in [0.15, 0.2) is 0 Å². The van der Waals surface area contributed by atoms with E-state index in [1.165, 1.54) is 4.88 Å². The van der Waals surface area contributed by atoms with Crippen LogP contribution in [0, 0.1) is 0 Å². The van der Waals surface area contributed by atoms with Crippen LogP contribution in [0.25, 0.3) is 0 Å². The summed E-state index contributed by atoms with van der Waals surface area (Å²) in [6.07, 6.45) is 0. The maximum absolute atomic E-state index is 11.9. The van der Waals surface area contributed by atoms with E-state index in [-0.39, 0.29) is 36.8 Å². The van der Waals surface area contributed by atoms with E-state index in [0.29, 0.717) is 26.2 Å². The average molecular weight is 400 g/mol. The monoisotopic (exact) mass is 399 g/mol. The number of hydrogen-bond donors (Lipinski definition) is 2. The lowest BCUT2D eigenvalue weighted by Crippen LogP contribution is -2.45. The van der Waals surface area contributed by atoms with Crippen LogP contribution in [0.4, 0.5) is 0 Å². The van der Waals surface area contributed by atoms with E-state index in [1.54, 1.807) is 18.4 Å². The Kier molecular flexibility index (Phi) is 13.6. The van der Waals surface area contributed by atoms with Gasteiger partial charge in [-0.05, 0) is 11.4 Å². The first-order chi connectivity index (χ1) is 10.8. The number of rotatable bonds is 9. The molecule has 1 aliphatic heterocycles. The molecule has 0 radical (unpaired) electrons. The molecule has 0 aliphatic carbocycles. The molecule has 1 fully saturated rings. The van der Waals surface area contributed by atoms with E-state index >= 15 is 0 Å². The molecule has 0 aromatic carbocycles. The Labute approximate surface area is 160 Å². The Morgan fingerprint density at radius 2 is 2.17 bits per heavy atom. The molecule has 2 rings (SSSR count). The van der Waals surface area contributed by atoms with Crippen molar-refractivity contribution >= 4 is 42.1 Å². The van der Waals surface area contributed by atoms with Gasteiger partial charge in [0.2, 0.25) is 5.91 Å². The number of methoxy groups -OCH3 is 1. The second-order valence-electron chi connectivity index (χ2n) is 5.15. The number of nitrogens with one attached hydrogen (secondary N) is 2. The van der Waals surface area contributed by atoms with Crippen molar-refractivity contribution in [2.75, 3.05) is 59.7 Å². The Hall–Kier alpha value is -0.410. The largest absolute Gasteiger partial charge is 0.383 e. The van der Waals surface area contributed by atoms with Crippen LogP contribution >= 0.6 is 36.2 Å². The lowest BCUT2D eigenvalue weighted by atomic mass is 10.2. The Bertz CT molecular complexity index is 432. The van der Waals surface area contributed by atoms with Gasteiger partial charge in [0.05, 0.1) is 32.4 Å². The molecule has 0 saturated carbocycles. The summed E-state index contributed by atoms with van der Waals surface area (Å²) in [6.45, 7) is 5.58. The molecule has 9 heteroatoms. The zero-order chi connectivity index (χ0) is 15.6. The van der Waals surface area contributed by atoms with Crippen LogP contribution in [-0.4, -0.2) is 70.5 Å². The molecule has 2 N–H and O–H groups in total. The summed E-state index contributed by atoms with van der Waals surface area (Å²) in [5, 5.41) is 8.16. The van der Waals surface area contributed by atoms with E-state index in [0.717, 1.165) is 26.3 Å². The van der Waals surface area contributed by atoms with Crippen molar-refractivity contribution in [3.63, 3.8) is 0 Å². The predicted octanol–water partition coefficient (Wildman–Crippen LogP) is 1.32. The zero-order valence-electron chi connectivity index (χ0n) is 13.9. The summed E-state index contributed by atoms with van der Waals surface area (Å²) in [6, 6.07) is 4.42. The van der Waals surface area contributed by atoms with Crippen molar-refractivity contribution in [1.29, 1.82) is 0 Å². The van der Waals surface area contributed by atoms with Crippen LogP contribution in [0.2, 0.25) is 0 Å². The summed E-state index contributed by atoms with van der Waals surface area (Å²) in [5.41, 5.74) is 0. The third-order valence-corrected chi connectivity index (χ3v) is 4.59. The maximum Gasteiger partial charge on any atom is 0.234 e. The molecule has 1 aromatic heterocycles. The van der Waals surface area contributed by atoms with Gasteiger partial charge in [-0.2, -0.15) is 0 Å². The minimum atomic E-state index is 0. The number of carbonyl (C=O) groups excluding carboxylic acids is 1. The quantitative estimate of drug-likeness (QED) is 0.613. The molecule has 1 aliphatic rings. The smallest absolute Gasteiger partial charge is 0.234 e. The molecule has 0 bridgehead atoms. The minimum Gasteiger partial charge on any atom is -0.383 e. The van der Waals surface area contributed by atoms with E-state index in [1.807, 2.05) is 0 Å². The topological polar surface area (TPSA) is 62.8 Å². The average Bonchev–Trinajstić information content (AvgIpc) is 3.07. The van der Waals surface area contributed by atoms with E-state index in [2.05, 4.69) is 33.0 Å². The van der Waals surface area contributed by atoms with Gasteiger partial charge in [0, 0.05) is 38.2 Å². The number of ether oxygens (including phenoxy) is 2. The lowest BCUT2D eigenvalue weighted by molar-refractivity contribution is -0.120. The molecule has 1 amide bonds. The molecule has 1 aromatic rings. The summed E-state index contributed by atoms with van der Waals surface area (Å²) in [7, 11) is 1.65. The van der Waals surface area contributed by atoms with E-state index in [4.69, 9.17) is 9.47 Å². The lowest BCUT2D eigenvalue weighted by Gasteiger charge is -2.34. The molecule has 1 unspecified atom stereocenters. The van der Waals surface area contributed by atoms with Crippen molar-refractivity contribution in [2.45, 2.75) is 6.04 Å². The highest BCUT2D eigenvalue weighted by Crippen LogP contribution is 2.25. The molecular formula is C15H27Cl2N3O3S. The van der Waals surface area contributed by atoms with Gasteiger partial charge in [-0.1, -0.05) is 6.07 Å². The SMILES string of the molecule is COCCNCC(=O)NCC(c1cccs1)N1CCOCC1.Cl.Cl. The number of amides is 1. The summed E-state index contributed by atoms with van der Waals surface area (Å²) < 4.78 is 10.4. The fraction of sp³-hybridized carbons (Fsp3) is 0.667. The highest BCUT2D eigenvalue weighted by atomic mass is 35.5. The Balaban J connectivity index is 0.00000264. The number of morpholine rings is 1. The van der Waals surface area contributed by atoms with E-state index < -0.39 is 0 Å². The second kappa shape index (κ2) is 13.8. The first-order valence-electron chi connectivity index (χ1n) is 7.63. The molecule has 0 spiro atoms. The molecule has 6 nitrogen and oxygen atoms in total. The molecule has 1 saturated heterocycles. The normalized spacial score (nSPS) is 15.9. The summed E-state index contributed by atoms with van der Waals surface area (Å²) >= 11 is 1.73. The minimum absolute atomic E-state index is 0. The fourth-order valence-corrected chi connectivity index (χ4v) is 3.29. The van der Waals surface area contributed by atoms with Crippen molar-refractivity contribution in [1.82, 2.24) is 15.5 Å². The second-order valence-corrected chi connectivity index (χ2v) is 6.13. The highest BCUT2D eigenvalue weighted by molar-refractivity contribution is 7.10. The number of nitrogens with zero attached hydrogens (tertiary/aromatic N) is 1. The Morgan fingerprint density at radius 3 is 2.79 bits per heavy atom. The van der Waals surface area contributed by atoms with Gasteiger partial charge in [-0.3, -0.25) is 9.69 Å². The number of thiophene rings is 1. The van der Waals surface area contributed by atoms with Crippen LogP contribution in [0.1, 0.15) is 10.9 Å². The van der Waals surface area contributed by atoms with Gasteiger partial charge >= 0.3 is 0 Å². The highest BCUT2D eigenvalue weighted by Gasteiger charge is 2.23. The molecule has 1 atom stereocenters. The van der Waals surface area contributed by atoms with Gasteiger partial charge in [-0.25, -0.2) is 0 Å². The van der Waals surface area contributed by atoms with Crippen molar-refractivity contribution in [3.05, 3.63) is 22.4 Å². The van der Waals surface area contributed by atoms with Gasteiger partial charge < -0.3 is 20.1 Å². The Morgan fingerprint density at radius 1 is 1.42 bits per heavy atom. The van der Waals surface area contributed by atoms with Crippen molar-refractivity contribution < 1.29 is 14.3 Å². The molecular weight excluding hydrogens is 373 g/mol.